The Balaban J connectivity index is 0.970. The molecular formula is C58H49N3. The summed E-state index contributed by atoms with van der Waals surface area (Å²) in [5.74, 6) is 0. The minimum Gasteiger partial charge on any atom is -0.311 e. The summed E-state index contributed by atoms with van der Waals surface area (Å²) in [6.07, 6.45) is 0. The van der Waals surface area contributed by atoms with Gasteiger partial charge in [0, 0.05) is 51.2 Å². The molecule has 3 nitrogen and oxygen atoms in total. The molecule has 9 aromatic rings. The molecule has 0 saturated carbocycles. The van der Waals surface area contributed by atoms with Crippen LogP contribution in [0.15, 0.2) is 224 Å². The fourth-order valence-electron chi connectivity index (χ4n) is 7.91. The molecular weight excluding hydrogens is 739 g/mol. The number of hydrogen-bond acceptors (Lipinski definition) is 3. The highest BCUT2D eigenvalue weighted by molar-refractivity contribution is 5.83. The van der Waals surface area contributed by atoms with Gasteiger partial charge in [-0.15, -0.1) is 0 Å². The first-order chi connectivity index (χ1) is 29.9. The van der Waals surface area contributed by atoms with Crippen molar-refractivity contribution in [2.24, 2.45) is 0 Å². The van der Waals surface area contributed by atoms with E-state index in [9.17, 15) is 0 Å². The number of hydrogen-bond donors (Lipinski definition) is 0. The number of nitrogens with zero attached hydrogens (tertiary/aromatic N) is 3. The molecule has 0 fully saturated rings. The SMILES string of the molecule is Cc1ccc(N(c2ccc(C)cc2)c2ccc(-c3ccc(N(c4ccccc4)c4ccc(-c5ccc(N(c6ccc(C)cc6)c6ccc(C)cc6)cc5)cc4)cc3)cc2)cc1. The van der Waals surface area contributed by atoms with Crippen LogP contribution in [0.3, 0.4) is 0 Å². The van der Waals surface area contributed by atoms with Crippen LogP contribution < -0.4 is 14.7 Å². The molecule has 0 heterocycles. The zero-order chi connectivity index (χ0) is 41.7. The summed E-state index contributed by atoms with van der Waals surface area (Å²) >= 11 is 0. The van der Waals surface area contributed by atoms with Gasteiger partial charge in [0.2, 0.25) is 0 Å². The summed E-state index contributed by atoms with van der Waals surface area (Å²) < 4.78 is 0. The molecule has 61 heavy (non-hydrogen) atoms. The predicted molar refractivity (Wildman–Crippen MR) is 260 cm³/mol. The molecule has 0 radical (unpaired) electrons. The summed E-state index contributed by atoms with van der Waals surface area (Å²) in [7, 11) is 0. The van der Waals surface area contributed by atoms with Crippen molar-refractivity contribution in [2.45, 2.75) is 27.7 Å². The highest BCUT2D eigenvalue weighted by Gasteiger charge is 2.16. The van der Waals surface area contributed by atoms with Crippen LogP contribution >= 0.6 is 0 Å². The van der Waals surface area contributed by atoms with E-state index in [1.165, 1.54) is 44.5 Å². The monoisotopic (exact) mass is 787 g/mol. The average Bonchev–Trinajstić information content (AvgIpc) is 3.30. The first-order valence-corrected chi connectivity index (χ1v) is 21.0. The summed E-state index contributed by atoms with van der Waals surface area (Å²) in [6.45, 7) is 8.51. The third kappa shape index (κ3) is 8.59. The van der Waals surface area contributed by atoms with Gasteiger partial charge >= 0.3 is 0 Å². The Kier molecular flexibility index (Phi) is 11.0. The van der Waals surface area contributed by atoms with Crippen molar-refractivity contribution in [3.05, 3.63) is 247 Å². The molecule has 0 aromatic heterocycles. The molecule has 9 aromatic carbocycles. The van der Waals surface area contributed by atoms with E-state index in [1.54, 1.807) is 0 Å². The lowest BCUT2D eigenvalue weighted by Gasteiger charge is -2.26. The second-order valence-electron chi connectivity index (χ2n) is 15.9. The Bertz CT molecular complexity index is 2540. The van der Waals surface area contributed by atoms with E-state index in [1.807, 2.05) is 0 Å². The fourth-order valence-corrected chi connectivity index (χ4v) is 7.91. The quantitative estimate of drug-likeness (QED) is 0.129. The van der Waals surface area contributed by atoms with E-state index < -0.39 is 0 Å². The first kappa shape index (κ1) is 38.9. The normalized spacial score (nSPS) is 11.0. The van der Waals surface area contributed by atoms with Crippen molar-refractivity contribution in [1.82, 2.24) is 0 Å². The number of rotatable bonds is 11. The highest BCUT2D eigenvalue weighted by atomic mass is 15.2. The molecule has 0 N–H and O–H groups in total. The topological polar surface area (TPSA) is 9.72 Å². The number of anilines is 9. The van der Waals surface area contributed by atoms with Crippen LogP contribution in [0.1, 0.15) is 22.3 Å². The molecule has 0 atom stereocenters. The second-order valence-corrected chi connectivity index (χ2v) is 15.9. The van der Waals surface area contributed by atoms with E-state index >= 15 is 0 Å². The molecule has 0 spiro atoms. The molecule has 0 unspecified atom stereocenters. The Morgan fingerprint density at radius 1 is 0.180 bits per heavy atom. The van der Waals surface area contributed by atoms with Gasteiger partial charge in [-0.3, -0.25) is 0 Å². The smallest absolute Gasteiger partial charge is 0.0462 e. The average molecular weight is 788 g/mol. The van der Waals surface area contributed by atoms with E-state index in [2.05, 4.69) is 267 Å². The Morgan fingerprint density at radius 2 is 0.344 bits per heavy atom. The van der Waals surface area contributed by atoms with Crippen molar-refractivity contribution >= 4 is 51.2 Å². The van der Waals surface area contributed by atoms with Crippen LogP contribution in [-0.2, 0) is 0 Å². The third-order valence-electron chi connectivity index (χ3n) is 11.4. The maximum absolute atomic E-state index is 2.32. The van der Waals surface area contributed by atoms with E-state index in [-0.39, 0.29) is 0 Å². The van der Waals surface area contributed by atoms with Gasteiger partial charge in [-0.1, -0.05) is 138 Å². The molecule has 3 heteroatoms. The summed E-state index contributed by atoms with van der Waals surface area (Å²) in [6, 6.07) is 81.1. The number of aryl methyl sites for hydroxylation is 4. The minimum atomic E-state index is 1.10. The maximum atomic E-state index is 2.32. The minimum absolute atomic E-state index is 1.10. The fraction of sp³-hybridized carbons (Fsp3) is 0.0690. The van der Waals surface area contributed by atoms with Gasteiger partial charge in [0.15, 0.2) is 0 Å². The summed E-state index contributed by atoms with van der Waals surface area (Å²) in [5, 5.41) is 0. The first-order valence-electron chi connectivity index (χ1n) is 21.0. The summed E-state index contributed by atoms with van der Waals surface area (Å²) in [5.41, 5.74) is 19.8. The van der Waals surface area contributed by atoms with Gasteiger partial charge in [-0.2, -0.15) is 0 Å². The van der Waals surface area contributed by atoms with Gasteiger partial charge in [0.25, 0.3) is 0 Å². The molecule has 0 aliphatic rings. The van der Waals surface area contributed by atoms with Gasteiger partial charge in [0.05, 0.1) is 0 Å². The van der Waals surface area contributed by atoms with Gasteiger partial charge in [-0.05, 0) is 159 Å². The predicted octanol–water partition coefficient (Wildman–Crippen LogP) is 16.7. The molecule has 0 bridgehead atoms. The van der Waals surface area contributed by atoms with E-state index in [0.29, 0.717) is 0 Å². The van der Waals surface area contributed by atoms with Crippen LogP contribution in [0.25, 0.3) is 22.3 Å². The Morgan fingerprint density at radius 3 is 0.541 bits per heavy atom. The Labute approximate surface area is 361 Å². The zero-order valence-corrected chi connectivity index (χ0v) is 35.2. The lowest BCUT2D eigenvalue weighted by atomic mass is 10.0. The van der Waals surface area contributed by atoms with Gasteiger partial charge in [-0.25, -0.2) is 0 Å². The van der Waals surface area contributed by atoms with E-state index in [0.717, 1.165) is 51.2 Å². The van der Waals surface area contributed by atoms with Crippen LogP contribution in [0.2, 0.25) is 0 Å². The molecule has 296 valence electrons. The van der Waals surface area contributed by atoms with Crippen molar-refractivity contribution in [3.63, 3.8) is 0 Å². The molecule has 0 aliphatic heterocycles. The van der Waals surface area contributed by atoms with E-state index in [4.69, 9.17) is 0 Å². The third-order valence-corrected chi connectivity index (χ3v) is 11.4. The lowest BCUT2D eigenvalue weighted by Crippen LogP contribution is -2.10. The van der Waals surface area contributed by atoms with Crippen LogP contribution in [0, 0.1) is 27.7 Å². The number of benzene rings is 9. The largest absolute Gasteiger partial charge is 0.311 e. The van der Waals surface area contributed by atoms with Crippen LogP contribution in [0.5, 0.6) is 0 Å². The zero-order valence-electron chi connectivity index (χ0n) is 35.2. The van der Waals surface area contributed by atoms with Crippen molar-refractivity contribution in [3.8, 4) is 22.3 Å². The van der Waals surface area contributed by atoms with Crippen LogP contribution in [0.4, 0.5) is 51.2 Å². The highest BCUT2D eigenvalue weighted by Crippen LogP contribution is 2.40. The maximum Gasteiger partial charge on any atom is 0.0462 e. The molecule has 9 rings (SSSR count). The molecule has 0 aliphatic carbocycles. The standard InChI is InChI=1S/C58H49N3/c1-42-10-26-51(27-11-42)60(52-28-12-43(2)13-29-52)57-38-22-48(23-39-57)46-18-34-55(35-19-46)59(50-8-6-5-7-9-50)56-36-20-47(21-37-56)49-24-40-58(41-25-49)61(53-30-14-44(3)15-31-53)54-32-16-45(4)17-33-54/h5-41H,1-4H3. The second kappa shape index (κ2) is 17.3. The van der Waals surface area contributed by atoms with Crippen molar-refractivity contribution < 1.29 is 0 Å². The van der Waals surface area contributed by atoms with Crippen molar-refractivity contribution in [1.29, 1.82) is 0 Å². The Hall–Kier alpha value is -7.62. The van der Waals surface area contributed by atoms with Gasteiger partial charge < -0.3 is 14.7 Å². The number of para-hydroxylation sites is 1. The molecule has 0 amide bonds. The lowest BCUT2D eigenvalue weighted by molar-refractivity contribution is 1.27. The van der Waals surface area contributed by atoms with Crippen LogP contribution in [-0.4, -0.2) is 0 Å². The van der Waals surface area contributed by atoms with Crippen molar-refractivity contribution in [2.75, 3.05) is 14.7 Å². The van der Waals surface area contributed by atoms with Gasteiger partial charge in [0.1, 0.15) is 0 Å². The summed E-state index contributed by atoms with van der Waals surface area (Å²) in [4.78, 5) is 6.95. The molecule has 0 saturated heterocycles.